The highest BCUT2D eigenvalue weighted by atomic mass is 16.5. The highest BCUT2D eigenvalue weighted by Crippen LogP contribution is 2.23. The van der Waals surface area contributed by atoms with E-state index in [1.54, 1.807) is 0 Å². The SMILES string of the molecule is CN(CC(N)=O)Cc1cccc(-c2ccc(N3CCOCC3)cc2)n1. The minimum absolute atomic E-state index is 0.222. The molecule has 1 aliphatic rings. The number of morpholine rings is 1. The molecule has 0 bridgehead atoms. The van der Waals surface area contributed by atoms with Crippen LogP contribution in [0, 0.1) is 0 Å². The molecule has 0 saturated carbocycles. The van der Waals surface area contributed by atoms with Gasteiger partial charge in [-0.3, -0.25) is 14.7 Å². The zero-order valence-electron chi connectivity index (χ0n) is 14.5. The third kappa shape index (κ3) is 4.78. The van der Waals surface area contributed by atoms with Crippen LogP contribution in [0.2, 0.25) is 0 Å². The third-order valence-electron chi connectivity index (χ3n) is 4.20. The summed E-state index contributed by atoms with van der Waals surface area (Å²) in [5.41, 5.74) is 9.37. The van der Waals surface area contributed by atoms with E-state index in [1.165, 1.54) is 5.69 Å². The van der Waals surface area contributed by atoms with Crippen LogP contribution >= 0.6 is 0 Å². The Morgan fingerprint density at radius 3 is 2.60 bits per heavy atom. The maximum absolute atomic E-state index is 11.0. The lowest BCUT2D eigenvalue weighted by Crippen LogP contribution is -2.36. The number of carbonyl (C=O) groups is 1. The Bertz CT molecular complexity index is 712. The van der Waals surface area contributed by atoms with Gasteiger partial charge in [-0.15, -0.1) is 0 Å². The smallest absolute Gasteiger partial charge is 0.231 e. The van der Waals surface area contributed by atoms with Gasteiger partial charge in [-0.25, -0.2) is 0 Å². The first-order valence-electron chi connectivity index (χ1n) is 8.48. The monoisotopic (exact) mass is 340 g/mol. The number of pyridine rings is 1. The van der Waals surface area contributed by atoms with Gasteiger partial charge in [0.2, 0.25) is 5.91 Å². The van der Waals surface area contributed by atoms with Crippen LogP contribution in [0.25, 0.3) is 11.3 Å². The topological polar surface area (TPSA) is 71.7 Å². The second-order valence-electron chi connectivity index (χ2n) is 6.30. The summed E-state index contributed by atoms with van der Waals surface area (Å²) in [6, 6.07) is 14.4. The van der Waals surface area contributed by atoms with Crippen LogP contribution in [0.15, 0.2) is 42.5 Å². The Hall–Kier alpha value is -2.44. The Balaban J connectivity index is 1.71. The van der Waals surface area contributed by atoms with Crippen molar-refractivity contribution in [3.63, 3.8) is 0 Å². The van der Waals surface area contributed by atoms with Crippen LogP contribution in [0.1, 0.15) is 5.69 Å². The van der Waals surface area contributed by atoms with Crippen molar-refractivity contribution in [2.75, 3.05) is 44.8 Å². The van der Waals surface area contributed by atoms with E-state index >= 15 is 0 Å². The summed E-state index contributed by atoms with van der Waals surface area (Å²) in [6.45, 7) is 4.23. The molecule has 132 valence electrons. The van der Waals surface area contributed by atoms with Crippen molar-refractivity contribution in [1.29, 1.82) is 0 Å². The van der Waals surface area contributed by atoms with Gasteiger partial charge in [-0.1, -0.05) is 18.2 Å². The number of nitrogens with zero attached hydrogens (tertiary/aromatic N) is 3. The van der Waals surface area contributed by atoms with E-state index in [0.717, 1.165) is 43.3 Å². The molecule has 0 spiro atoms. The van der Waals surface area contributed by atoms with Crippen molar-refractivity contribution in [1.82, 2.24) is 9.88 Å². The van der Waals surface area contributed by atoms with E-state index in [2.05, 4.69) is 29.2 Å². The van der Waals surface area contributed by atoms with Crippen molar-refractivity contribution in [3.8, 4) is 11.3 Å². The molecule has 0 radical (unpaired) electrons. The predicted octanol–water partition coefficient (Wildman–Crippen LogP) is 1.50. The fraction of sp³-hybridized carbons (Fsp3) is 0.368. The van der Waals surface area contributed by atoms with E-state index in [-0.39, 0.29) is 12.5 Å². The molecule has 1 aromatic carbocycles. The number of rotatable bonds is 6. The van der Waals surface area contributed by atoms with Gasteiger partial charge in [0, 0.05) is 30.9 Å². The molecule has 1 aliphatic heterocycles. The fourth-order valence-electron chi connectivity index (χ4n) is 2.99. The normalized spacial score (nSPS) is 14.7. The number of aromatic nitrogens is 1. The Morgan fingerprint density at radius 2 is 1.92 bits per heavy atom. The van der Waals surface area contributed by atoms with Gasteiger partial charge in [0.25, 0.3) is 0 Å². The van der Waals surface area contributed by atoms with Gasteiger partial charge in [0.05, 0.1) is 31.1 Å². The van der Waals surface area contributed by atoms with Crippen LogP contribution in [-0.4, -0.2) is 55.7 Å². The van der Waals surface area contributed by atoms with Crippen molar-refractivity contribution in [2.24, 2.45) is 5.73 Å². The van der Waals surface area contributed by atoms with Crippen molar-refractivity contribution < 1.29 is 9.53 Å². The highest BCUT2D eigenvalue weighted by Gasteiger charge is 2.11. The van der Waals surface area contributed by atoms with E-state index in [0.29, 0.717) is 6.54 Å². The molecule has 1 amide bonds. The Morgan fingerprint density at radius 1 is 1.20 bits per heavy atom. The quantitative estimate of drug-likeness (QED) is 0.863. The van der Waals surface area contributed by atoms with Crippen molar-refractivity contribution >= 4 is 11.6 Å². The predicted molar refractivity (Wildman–Crippen MR) is 98.2 cm³/mol. The van der Waals surface area contributed by atoms with Gasteiger partial charge < -0.3 is 15.4 Å². The summed E-state index contributed by atoms with van der Waals surface area (Å²) in [6.07, 6.45) is 0. The number of carbonyl (C=O) groups excluding carboxylic acids is 1. The third-order valence-corrected chi connectivity index (χ3v) is 4.20. The average Bonchev–Trinajstić information content (AvgIpc) is 2.62. The number of hydrogen-bond acceptors (Lipinski definition) is 5. The number of primary amides is 1. The van der Waals surface area contributed by atoms with E-state index < -0.39 is 0 Å². The standard InChI is InChI=1S/C19H24N4O2/c1-22(14-19(20)24)13-16-3-2-4-18(21-16)15-5-7-17(8-6-15)23-9-11-25-12-10-23/h2-8H,9-14H2,1H3,(H2,20,24). The summed E-state index contributed by atoms with van der Waals surface area (Å²) >= 11 is 0. The molecule has 6 heteroatoms. The van der Waals surface area contributed by atoms with Gasteiger partial charge >= 0.3 is 0 Å². The Kier molecular flexibility index (Phi) is 5.63. The van der Waals surface area contributed by atoms with Crippen LogP contribution in [0.5, 0.6) is 0 Å². The molecule has 0 atom stereocenters. The molecule has 1 fully saturated rings. The molecule has 1 saturated heterocycles. The summed E-state index contributed by atoms with van der Waals surface area (Å²) in [5, 5.41) is 0. The molecule has 0 unspecified atom stereocenters. The molecule has 2 aromatic rings. The molecular weight excluding hydrogens is 316 g/mol. The zero-order chi connectivity index (χ0) is 17.6. The van der Waals surface area contributed by atoms with Gasteiger partial charge in [-0.2, -0.15) is 0 Å². The molecule has 1 aromatic heterocycles. The van der Waals surface area contributed by atoms with Crippen LogP contribution in [0.3, 0.4) is 0 Å². The fourth-order valence-corrected chi connectivity index (χ4v) is 2.99. The number of benzene rings is 1. The molecule has 3 rings (SSSR count). The molecule has 25 heavy (non-hydrogen) atoms. The summed E-state index contributed by atoms with van der Waals surface area (Å²) in [7, 11) is 1.86. The van der Waals surface area contributed by atoms with E-state index in [1.807, 2.05) is 30.1 Å². The van der Waals surface area contributed by atoms with Gasteiger partial charge in [0.1, 0.15) is 0 Å². The van der Waals surface area contributed by atoms with Crippen LogP contribution in [0.4, 0.5) is 5.69 Å². The molecular formula is C19H24N4O2. The molecule has 0 aliphatic carbocycles. The lowest BCUT2D eigenvalue weighted by Gasteiger charge is -2.28. The van der Waals surface area contributed by atoms with E-state index in [9.17, 15) is 4.79 Å². The number of likely N-dealkylation sites (N-methyl/N-ethyl adjacent to an activating group) is 1. The summed E-state index contributed by atoms with van der Waals surface area (Å²) < 4.78 is 5.40. The second kappa shape index (κ2) is 8.09. The lowest BCUT2D eigenvalue weighted by atomic mass is 10.1. The summed E-state index contributed by atoms with van der Waals surface area (Å²) in [5.74, 6) is -0.336. The minimum atomic E-state index is -0.336. The van der Waals surface area contributed by atoms with Crippen molar-refractivity contribution in [2.45, 2.75) is 6.54 Å². The largest absolute Gasteiger partial charge is 0.378 e. The second-order valence-corrected chi connectivity index (χ2v) is 6.30. The van der Waals surface area contributed by atoms with Crippen LogP contribution < -0.4 is 10.6 Å². The lowest BCUT2D eigenvalue weighted by molar-refractivity contribution is -0.118. The van der Waals surface area contributed by atoms with Gasteiger partial charge in [-0.05, 0) is 31.3 Å². The number of ether oxygens (including phenoxy) is 1. The number of amides is 1. The van der Waals surface area contributed by atoms with Crippen LogP contribution in [-0.2, 0) is 16.1 Å². The maximum Gasteiger partial charge on any atom is 0.231 e. The number of anilines is 1. The van der Waals surface area contributed by atoms with Crippen molar-refractivity contribution in [3.05, 3.63) is 48.2 Å². The molecule has 6 nitrogen and oxygen atoms in total. The summed E-state index contributed by atoms with van der Waals surface area (Å²) in [4.78, 5) is 19.9. The molecule has 2 heterocycles. The highest BCUT2D eigenvalue weighted by molar-refractivity contribution is 5.75. The maximum atomic E-state index is 11.0. The first kappa shape index (κ1) is 17.4. The average molecular weight is 340 g/mol. The van der Waals surface area contributed by atoms with E-state index in [4.69, 9.17) is 15.5 Å². The number of hydrogen-bond donors (Lipinski definition) is 1. The Labute approximate surface area is 148 Å². The number of nitrogens with two attached hydrogens (primary N) is 1. The zero-order valence-corrected chi connectivity index (χ0v) is 14.5. The molecule has 2 N–H and O–H groups in total. The minimum Gasteiger partial charge on any atom is -0.378 e. The van der Waals surface area contributed by atoms with Gasteiger partial charge in [0.15, 0.2) is 0 Å². The first-order chi connectivity index (χ1) is 12.1. The first-order valence-corrected chi connectivity index (χ1v) is 8.48.